The number of rotatable bonds is 5. The number of hydrogen-bond acceptors (Lipinski definition) is 3. The lowest BCUT2D eigenvalue weighted by molar-refractivity contribution is 0.220. The molecule has 100 valence electrons. The molecule has 0 aromatic heterocycles. The van der Waals surface area contributed by atoms with E-state index in [-0.39, 0.29) is 12.0 Å². The molecule has 0 unspecified atom stereocenters. The van der Waals surface area contributed by atoms with E-state index < -0.39 is 0 Å². The second-order valence-corrected chi connectivity index (χ2v) is 5.54. The summed E-state index contributed by atoms with van der Waals surface area (Å²) in [4.78, 5) is 0. The maximum Gasteiger partial charge on any atom is 0.125 e. The van der Waals surface area contributed by atoms with Gasteiger partial charge in [-0.25, -0.2) is 0 Å². The average molecular weight is 249 g/mol. The Hall–Kier alpha value is -1.22. The Bertz CT molecular complexity index is 450. The molecule has 1 aromatic carbocycles. The van der Waals surface area contributed by atoms with Crippen LogP contribution in [-0.2, 0) is 0 Å². The van der Waals surface area contributed by atoms with Crippen molar-refractivity contribution in [2.24, 2.45) is 5.41 Å². The molecule has 0 heterocycles. The molecule has 0 spiro atoms. The van der Waals surface area contributed by atoms with Crippen LogP contribution in [0.15, 0.2) is 6.07 Å². The van der Waals surface area contributed by atoms with Crippen LogP contribution in [0.25, 0.3) is 0 Å². The van der Waals surface area contributed by atoms with Crippen LogP contribution in [0.4, 0.5) is 5.69 Å². The molecule has 0 saturated heterocycles. The first-order chi connectivity index (χ1) is 8.53. The first-order valence-electron chi connectivity index (χ1n) is 6.52. The largest absolute Gasteiger partial charge is 0.496 e. The SMILES string of the molecule is COc1c(C)cc(NCC2(CO)CC2)c(C)c1C. The van der Waals surface area contributed by atoms with E-state index in [2.05, 4.69) is 32.2 Å². The van der Waals surface area contributed by atoms with Gasteiger partial charge in [-0.15, -0.1) is 0 Å². The number of aliphatic hydroxyl groups is 1. The number of nitrogens with one attached hydrogen (secondary N) is 1. The third-order valence-electron chi connectivity index (χ3n) is 4.18. The molecule has 2 N–H and O–H groups in total. The van der Waals surface area contributed by atoms with Crippen molar-refractivity contribution >= 4 is 5.69 Å². The number of benzene rings is 1. The molecule has 3 heteroatoms. The monoisotopic (exact) mass is 249 g/mol. The smallest absolute Gasteiger partial charge is 0.125 e. The van der Waals surface area contributed by atoms with E-state index in [0.29, 0.717) is 0 Å². The zero-order valence-corrected chi connectivity index (χ0v) is 11.8. The van der Waals surface area contributed by atoms with Gasteiger partial charge in [0.15, 0.2) is 0 Å². The van der Waals surface area contributed by atoms with Crippen molar-refractivity contribution < 1.29 is 9.84 Å². The van der Waals surface area contributed by atoms with Crippen molar-refractivity contribution in [3.05, 3.63) is 22.8 Å². The van der Waals surface area contributed by atoms with Crippen LogP contribution >= 0.6 is 0 Å². The van der Waals surface area contributed by atoms with E-state index in [1.165, 1.54) is 11.1 Å². The molecule has 2 rings (SSSR count). The normalized spacial score (nSPS) is 16.5. The molecule has 1 aliphatic carbocycles. The Kier molecular flexibility index (Phi) is 3.53. The van der Waals surface area contributed by atoms with Gasteiger partial charge in [-0.2, -0.15) is 0 Å². The van der Waals surface area contributed by atoms with Gasteiger partial charge in [0, 0.05) is 17.6 Å². The second kappa shape index (κ2) is 4.81. The summed E-state index contributed by atoms with van der Waals surface area (Å²) in [5.41, 5.74) is 4.86. The highest BCUT2D eigenvalue weighted by atomic mass is 16.5. The Morgan fingerprint density at radius 3 is 2.44 bits per heavy atom. The molecule has 1 saturated carbocycles. The summed E-state index contributed by atoms with van der Waals surface area (Å²) in [7, 11) is 1.72. The minimum atomic E-state index is 0.133. The predicted octanol–water partition coefficient (Wildman–Crippen LogP) is 2.80. The van der Waals surface area contributed by atoms with Crippen molar-refractivity contribution in [3.8, 4) is 5.75 Å². The third-order valence-corrected chi connectivity index (χ3v) is 4.18. The first-order valence-corrected chi connectivity index (χ1v) is 6.52. The van der Waals surface area contributed by atoms with Crippen LogP contribution in [0, 0.1) is 26.2 Å². The lowest BCUT2D eigenvalue weighted by atomic mass is 10.0. The number of aryl methyl sites for hydroxylation is 1. The Morgan fingerprint density at radius 1 is 1.28 bits per heavy atom. The summed E-state index contributed by atoms with van der Waals surface area (Å²) in [5.74, 6) is 0.973. The number of anilines is 1. The molecule has 0 bridgehead atoms. The van der Waals surface area contributed by atoms with Gasteiger partial charge < -0.3 is 15.2 Å². The number of ether oxygens (including phenoxy) is 1. The Morgan fingerprint density at radius 2 is 1.94 bits per heavy atom. The van der Waals surface area contributed by atoms with Gasteiger partial charge in [0.1, 0.15) is 5.75 Å². The fraction of sp³-hybridized carbons (Fsp3) is 0.600. The van der Waals surface area contributed by atoms with Crippen molar-refractivity contribution in [3.63, 3.8) is 0 Å². The van der Waals surface area contributed by atoms with E-state index in [9.17, 15) is 5.11 Å². The molecule has 0 amide bonds. The number of methoxy groups -OCH3 is 1. The molecule has 1 aliphatic rings. The van der Waals surface area contributed by atoms with Crippen molar-refractivity contribution in [1.29, 1.82) is 0 Å². The summed E-state index contributed by atoms with van der Waals surface area (Å²) >= 11 is 0. The van der Waals surface area contributed by atoms with Crippen molar-refractivity contribution in [2.45, 2.75) is 33.6 Å². The highest BCUT2D eigenvalue weighted by Crippen LogP contribution is 2.45. The molecule has 0 radical (unpaired) electrons. The molecule has 3 nitrogen and oxygen atoms in total. The molecule has 1 fully saturated rings. The summed E-state index contributed by atoms with van der Waals surface area (Å²) in [6.45, 7) is 7.40. The van der Waals surface area contributed by atoms with Crippen LogP contribution in [0.3, 0.4) is 0 Å². The van der Waals surface area contributed by atoms with Gasteiger partial charge in [0.05, 0.1) is 13.7 Å². The summed E-state index contributed by atoms with van der Waals surface area (Å²) in [6, 6.07) is 2.13. The molecule has 0 aliphatic heterocycles. The quantitative estimate of drug-likeness (QED) is 0.843. The second-order valence-electron chi connectivity index (χ2n) is 5.54. The van der Waals surface area contributed by atoms with Crippen LogP contribution in [0.2, 0.25) is 0 Å². The number of hydrogen-bond donors (Lipinski definition) is 2. The van der Waals surface area contributed by atoms with Gasteiger partial charge in [0.2, 0.25) is 0 Å². The topological polar surface area (TPSA) is 41.5 Å². The van der Waals surface area contributed by atoms with Gasteiger partial charge in [-0.3, -0.25) is 0 Å². The standard InChI is InChI=1S/C15H23NO2/c1-10-7-13(11(2)12(3)14(10)18-4)16-8-15(9-17)5-6-15/h7,16-17H,5-6,8-9H2,1-4H3. The molecule has 0 atom stereocenters. The van der Waals surface area contributed by atoms with E-state index >= 15 is 0 Å². The molecule has 1 aromatic rings. The summed E-state index contributed by atoms with van der Waals surface area (Å²) in [6.07, 6.45) is 2.26. The maximum atomic E-state index is 9.34. The van der Waals surface area contributed by atoms with E-state index in [1.807, 2.05) is 0 Å². The zero-order chi connectivity index (χ0) is 13.3. The van der Waals surface area contributed by atoms with Crippen LogP contribution < -0.4 is 10.1 Å². The highest BCUT2D eigenvalue weighted by molar-refractivity contribution is 5.61. The molecular weight excluding hydrogens is 226 g/mol. The van der Waals surface area contributed by atoms with Gasteiger partial charge >= 0.3 is 0 Å². The van der Waals surface area contributed by atoms with Crippen LogP contribution in [0.1, 0.15) is 29.5 Å². The molecule has 18 heavy (non-hydrogen) atoms. The fourth-order valence-electron chi connectivity index (χ4n) is 2.41. The Labute approximate surface area is 109 Å². The van der Waals surface area contributed by atoms with E-state index in [0.717, 1.165) is 36.4 Å². The lowest BCUT2D eigenvalue weighted by Gasteiger charge is -2.19. The van der Waals surface area contributed by atoms with Gasteiger partial charge in [0.25, 0.3) is 0 Å². The van der Waals surface area contributed by atoms with Gasteiger partial charge in [-0.05, 0) is 56.4 Å². The van der Waals surface area contributed by atoms with Crippen LogP contribution in [0.5, 0.6) is 5.75 Å². The lowest BCUT2D eigenvalue weighted by Crippen LogP contribution is -2.19. The first kappa shape index (κ1) is 13.2. The highest BCUT2D eigenvalue weighted by Gasteiger charge is 2.41. The third kappa shape index (κ3) is 2.32. The van der Waals surface area contributed by atoms with Crippen molar-refractivity contribution in [2.75, 3.05) is 25.6 Å². The predicted molar refractivity (Wildman–Crippen MR) is 74.4 cm³/mol. The maximum absolute atomic E-state index is 9.34. The minimum absolute atomic E-state index is 0.133. The van der Waals surface area contributed by atoms with Gasteiger partial charge in [-0.1, -0.05) is 0 Å². The number of aliphatic hydroxyl groups excluding tert-OH is 1. The minimum Gasteiger partial charge on any atom is -0.496 e. The van der Waals surface area contributed by atoms with E-state index in [1.54, 1.807) is 7.11 Å². The van der Waals surface area contributed by atoms with Crippen molar-refractivity contribution in [1.82, 2.24) is 0 Å². The van der Waals surface area contributed by atoms with Crippen LogP contribution in [-0.4, -0.2) is 25.4 Å². The molecular formula is C15H23NO2. The zero-order valence-electron chi connectivity index (χ0n) is 11.8. The van der Waals surface area contributed by atoms with E-state index in [4.69, 9.17) is 4.74 Å². The summed E-state index contributed by atoms with van der Waals surface area (Å²) in [5, 5.41) is 12.8. The Balaban J connectivity index is 2.18. The average Bonchev–Trinajstić information content (AvgIpc) is 3.13. The summed E-state index contributed by atoms with van der Waals surface area (Å²) < 4.78 is 5.42. The fourth-order valence-corrected chi connectivity index (χ4v) is 2.41.